The standard InChI is InChI=1S/C25H28FN5O/c1-16(2)25(32)31-13-10-20-21(15-31)29-23(28-20)22-19(17-6-4-3-5-7-17)8-11-27-24(22)30-12-9-18(26)14-30/h3-8,11,16,18H,9-10,12-15H2,1-2H3,(H,28,29). The topological polar surface area (TPSA) is 65.1 Å². The number of H-pyrrole nitrogens is 1. The Kier molecular flexibility index (Phi) is 5.41. The van der Waals surface area contributed by atoms with E-state index >= 15 is 0 Å². The van der Waals surface area contributed by atoms with Crippen LogP contribution in [-0.4, -0.2) is 51.6 Å². The number of nitrogens with one attached hydrogen (secondary N) is 1. The molecule has 0 bridgehead atoms. The minimum absolute atomic E-state index is 0.0302. The van der Waals surface area contributed by atoms with Crippen LogP contribution in [0.5, 0.6) is 0 Å². The average molecular weight is 434 g/mol. The molecule has 1 amide bonds. The van der Waals surface area contributed by atoms with E-state index in [-0.39, 0.29) is 11.8 Å². The quantitative estimate of drug-likeness (QED) is 0.669. The molecule has 1 aromatic carbocycles. The molecule has 6 nitrogen and oxygen atoms in total. The first-order valence-corrected chi connectivity index (χ1v) is 11.3. The Labute approximate surface area is 187 Å². The van der Waals surface area contributed by atoms with Crippen molar-refractivity contribution in [2.75, 3.05) is 24.5 Å². The highest BCUT2D eigenvalue weighted by Gasteiger charge is 2.30. The van der Waals surface area contributed by atoms with Crippen molar-refractivity contribution in [1.29, 1.82) is 0 Å². The molecule has 7 heteroatoms. The molecule has 32 heavy (non-hydrogen) atoms. The first kappa shape index (κ1) is 20.7. The van der Waals surface area contributed by atoms with Gasteiger partial charge in [0.2, 0.25) is 5.91 Å². The smallest absolute Gasteiger partial charge is 0.225 e. The molecular weight excluding hydrogens is 405 g/mol. The number of pyridine rings is 1. The third kappa shape index (κ3) is 3.76. The van der Waals surface area contributed by atoms with Crippen molar-refractivity contribution < 1.29 is 9.18 Å². The van der Waals surface area contributed by atoms with Crippen LogP contribution in [0.15, 0.2) is 42.6 Å². The van der Waals surface area contributed by atoms with E-state index in [0.29, 0.717) is 32.6 Å². The zero-order chi connectivity index (χ0) is 22.2. The summed E-state index contributed by atoms with van der Waals surface area (Å²) in [6.07, 6.45) is 2.18. The van der Waals surface area contributed by atoms with Gasteiger partial charge in [0.1, 0.15) is 17.8 Å². The lowest BCUT2D eigenvalue weighted by atomic mass is 10.00. The van der Waals surface area contributed by atoms with Crippen molar-refractivity contribution in [2.24, 2.45) is 5.92 Å². The fourth-order valence-electron chi connectivity index (χ4n) is 4.66. The van der Waals surface area contributed by atoms with E-state index in [0.717, 1.165) is 46.1 Å². The van der Waals surface area contributed by atoms with Crippen LogP contribution in [-0.2, 0) is 17.8 Å². The van der Waals surface area contributed by atoms with E-state index in [1.807, 2.05) is 47.9 Å². The Morgan fingerprint density at radius 3 is 2.72 bits per heavy atom. The van der Waals surface area contributed by atoms with Gasteiger partial charge in [-0.25, -0.2) is 14.4 Å². The predicted molar refractivity (Wildman–Crippen MR) is 123 cm³/mol. The summed E-state index contributed by atoms with van der Waals surface area (Å²) in [6, 6.07) is 12.1. The SMILES string of the molecule is CC(C)C(=O)N1CCc2nc(-c3c(-c4ccccc4)ccnc3N3CCC(F)C3)[nH]c2C1. The number of carbonyl (C=O) groups excluding carboxylic acids is 1. The van der Waals surface area contributed by atoms with Gasteiger partial charge in [0.25, 0.3) is 0 Å². The molecule has 2 aromatic heterocycles. The second kappa shape index (κ2) is 8.37. The number of alkyl halides is 1. The highest BCUT2D eigenvalue weighted by atomic mass is 19.1. The number of aromatic amines is 1. The number of nitrogens with zero attached hydrogens (tertiary/aromatic N) is 4. The van der Waals surface area contributed by atoms with Gasteiger partial charge < -0.3 is 14.8 Å². The van der Waals surface area contributed by atoms with E-state index in [9.17, 15) is 9.18 Å². The van der Waals surface area contributed by atoms with Gasteiger partial charge in [-0.05, 0) is 23.6 Å². The molecule has 5 rings (SSSR count). The number of carbonyl (C=O) groups is 1. The monoisotopic (exact) mass is 433 g/mol. The number of hydrogen-bond acceptors (Lipinski definition) is 4. The van der Waals surface area contributed by atoms with Crippen LogP contribution >= 0.6 is 0 Å². The Hall–Kier alpha value is -3.22. The zero-order valence-corrected chi connectivity index (χ0v) is 18.5. The molecule has 2 aliphatic rings. The fourth-order valence-corrected chi connectivity index (χ4v) is 4.66. The van der Waals surface area contributed by atoms with E-state index in [2.05, 4.69) is 22.1 Å². The molecule has 1 unspecified atom stereocenters. The third-order valence-electron chi connectivity index (χ3n) is 6.32. The van der Waals surface area contributed by atoms with Gasteiger partial charge in [-0.15, -0.1) is 0 Å². The molecule has 4 heterocycles. The minimum Gasteiger partial charge on any atom is -0.353 e. The van der Waals surface area contributed by atoms with Gasteiger partial charge in [0.15, 0.2) is 0 Å². The number of imidazole rings is 1. The first-order chi connectivity index (χ1) is 15.5. The molecule has 1 saturated heterocycles. The van der Waals surface area contributed by atoms with Crippen LogP contribution in [0.2, 0.25) is 0 Å². The lowest BCUT2D eigenvalue weighted by Crippen LogP contribution is -2.38. The van der Waals surface area contributed by atoms with E-state index < -0.39 is 6.17 Å². The lowest BCUT2D eigenvalue weighted by molar-refractivity contribution is -0.135. The number of benzene rings is 1. The molecule has 0 aliphatic carbocycles. The van der Waals surface area contributed by atoms with Gasteiger partial charge in [-0.1, -0.05) is 44.2 Å². The Morgan fingerprint density at radius 2 is 2.00 bits per heavy atom. The van der Waals surface area contributed by atoms with Crippen LogP contribution in [0.4, 0.5) is 10.2 Å². The van der Waals surface area contributed by atoms with Gasteiger partial charge in [-0.3, -0.25) is 4.79 Å². The maximum atomic E-state index is 14.1. The average Bonchev–Trinajstić information content (AvgIpc) is 3.44. The molecule has 1 atom stereocenters. The number of anilines is 1. The predicted octanol–water partition coefficient (Wildman–Crippen LogP) is 4.23. The molecule has 2 aliphatic heterocycles. The maximum absolute atomic E-state index is 14.1. The van der Waals surface area contributed by atoms with Crippen molar-refractivity contribution in [1.82, 2.24) is 19.9 Å². The normalized spacial score (nSPS) is 18.3. The molecule has 166 valence electrons. The van der Waals surface area contributed by atoms with Crippen molar-refractivity contribution in [3.63, 3.8) is 0 Å². The van der Waals surface area contributed by atoms with E-state index in [4.69, 9.17) is 4.98 Å². The summed E-state index contributed by atoms with van der Waals surface area (Å²) in [5.74, 6) is 1.62. The summed E-state index contributed by atoms with van der Waals surface area (Å²) in [4.78, 5) is 29.5. The summed E-state index contributed by atoms with van der Waals surface area (Å²) in [7, 11) is 0. The maximum Gasteiger partial charge on any atom is 0.225 e. The van der Waals surface area contributed by atoms with Crippen molar-refractivity contribution in [3.05, 3.63) is 54.0 Å². The number of hydrogen-bond donors (Lipinski definition) is 1. The molecule has 0 spiro atoms. The van der Waals surface area contributed by atoms with Gasteiger partial charge in [0, 0.05) is 31.6 Å². The van der Waals surface area contributed by atoms with E-state index in [1.54, 1.807) is 6.20 Å². The number of halogens is 1. The molecule has 1 N–H and O–H groups in total. The fraction of sp³-hybridized carbons (Fsp3) is 0.400. The summed E-state index contributed by atoms with van der Waals surface area (Å²) < 4.78 is 14.1. The summed E-state index contributed by atoms with van der Waals surface area (Å²) in [5.41, 5.74) is 4.93. The second-order valence-corrected chi connectivity index (χ2v) is 8.93. The molecule has 3 aromatic rings. The van der Waals surface area contributed by atoms with Gasteiger partial charge in [-0.2, -0.15) is 0 Å². The highest BCUT2D eigenvalue weighted by molar-refractivity contribution is 5.88. The summed E-state index contributed by atoms with van der Waals surface area (Å²) in [6.45, 7) is 6.05. The summed E-state index contributed by atoms with van der Waals surface area (Å²) in [5, 5.41) is 0. The second-order valence-electron chi connectivity index (χ2n) is 8.93. The molecule has 0 radical (unpaired) electrons. The van der Waals surface area contributed by atoms with Crippen LogP contribution in [0.25, 0.3) is 22.5 Å². The highest BCUT2D eigenvalue weighted by Crippen LogP contribution is 2.39. The molecular formula is C25H28FN5O. The Bertz CT molecular complexity index is 1130. The number of rotatable bonds is 4. The van der Waals surface area contributed by atoms with Crippen molar-refractivity contribution >= 4 is 11.7 Å². The van der Waals surface area contributed by atoms with Crippen LogP contribution in [0.1, 0.15) is 31.7 Å². The van der Waals surface area contributed by atoms with Crippen molar-refractivity contribution in [2.45, 2.75) is 39.4 Å². The van der Waals surface area contributed by atoms with Crippen LogP contribution in [0, 0.1) is 5.92 Å². The largest absolute Gasteiger partial charge is 0.353 e. The molecule has 0 saturated carbocycles. The Morgan fingerprint density at radius 1 is 1.19 bits per heavy atom. The minimum atomic E-state index is -0.842. The van der Waals surface area contributed by atoms with Crippen LogP contribution < -0.4 is 4.90 Å². The Balaban J connectivity index is 1.59. The van der Waals surface area contributed by atoms with Crippen molar-refractivity contribution in [3.8, 4) is 22.5 Å². The van der Waals surface area contributed by atoms with Crippen LogP contribution in [0.3, 0.4) is 0 Å². The summed E-state index contributed by atoms with van der Waals surface area (Å²) >= 11 is 0. The lowest BCUT2D eigenvalue weighted by Gasteiger charge is -2.27. The molecule has 1 fully saturated rings. The first-order valence-electron chi connectivity index (χ1n) is 11.3. The van der Waals surface area contributed by atoms with E-state index in [1.165, 1.54) is 0 Å². The number of fused-ring (bicyclic) bond motifs is 1. The van der Waals surface area contributed by atoms with Gasteiger partial charge >= 0.3 is 0 Å². The zero-order valence-electron chi connectivity index (χ0n) is 18.5. The number of aromatic nitrogens is 3. The number of amides is 1. The third-order valence-corrected chi connectivity index (χ3v) is 6.32. The van der Waals surface area contributed by atoms with Gasteiger partial charge in [0.05, 0.1) is 30.0 Å².